The molecule has 168 valence electrons. The fraction of sp³-hybridized carbons (Fsp3) is 0.370. The molecule has 3 aromatic rings. The van der Waals surface area contributed by atoms with Crippen molar-refractivity contribution in [2.45, 2.75) is 19.3 Å². The first kappa shape index (κ1) is 22.3. The van der Waals surface area contributed by atoms with Gasteiger partial charge in [0.05, 0.1) is 26.4 Å². The molecule has 0 N–H and O–H groups in total. The lowest BCUT2D eigenvalue weighted by molar-refractivity contribution is 0.0358. The number of morpholine rings is 1. The molecule has 0 bridgehead atoms. The Balaban J connectivity index is 1.17. The minimum absolute atomic E-state index is 0.700. The highest BCUT2D eigenvalue weighted by Crippen LogP contribution is 2.25. The van der Waals surface area contributed by atoms with Gasteiger partial charge in [-0.25, -0.2) is 0 Å². The maximum Gasteiger partial charge on any atom is 0.119 e. The molecule has 1 aromatic heterocycles. The van der Waals surface area contributed by atoms with Gasteiger partial charge in [-0.15, -0.1) is 0 Å². The molecule has 0 amide bonds. The van der Waals surface area contributed by atoms with Crippen LogP contribution in [0.3, 0.4) is 0 Å². The fourth-order valence-corrected chi connectivity index (χ4v) is 3.80. The first-order valence-electron chi connectivity index (χ1n) is 11.5. The van der Waals surface area contributed by atoms with Crippen LogP contribution in [-0.2, 0) is 11.2 Å². The molecule has 1 aliphatic heterocycles. The Hall–Kier alpha value is -2.89. The standard InChI is InChI=1S/C27H32N2O3/c1-4-23(22-28-14-1)5-2-18-31-26-10-6-24(7-11-26)25-8-12-27(13-9-25)32-19-3-15-29-16-20-30-21-17-29/h1,4,6-14,22H,2-3,5,15-21H2. The number of rotatable bonds is 11. The molecule has 0 atom stereocenters. The van der Waals surface area contributed by atoms with E-state index in [1.165, 1.54) is 16.7 Å². The fourth-order valence-electron chi connectivity index (χ4n) is 3.80. The third kappa shape index (κ3) is 7.08. The number of pyridine rings is 1. The van der Waals surface area contributed by atoms with E-state index in [0.29, 0.717) is 6.61 Å². The normalized spacial score (nSPS) is 14.2. The maximum atomic E-state index is 5.91. The van der Waals surface area contributed by atoms with Crippen molar-refractivity contribution in [3.63, 3.8) is 0 Å². The van der Waals surface area contributed by atoms with Crippen molar-refractivity contribution in [1.82, 2.24) is 9.88 Å². The largest absolute Gasteiger partial charge is 0.494 e. The summed E-state index contributed by atoms with van der Waals surface area (Å²) in [5, 5.41) is 0. The van der Waals surface area contributed by atoms with Gasteiger partial charge in [0, 0.05) is 32.0 Å². The van der Waals surface area contributed by atoms with E-state index in [1.54, 1.807) is 6.20 Å². The van der Waals surface area contributed by atoms with Crippen molar-refractivity contribution < 1.29 is 14.2 Å². The van der Waals surface area contributed by atoms with Crippen LogP contribution in [0.15, 0.2) is 73.1 Å². The van der Waals surface area contributed by atoms with E-state index in [1.807, 2.05) is 36.5 Å². The summed E-state index contributed by atoms with van der Waals surface area (Å²) in [6.45, 7) is 6.27. The number of hydrogen-bond donors (Lipinski definition) is 0. The highest BCUT2D eigenvalue weighted by atomic mass is 16.5. The summed E-state index contributed by atoms with van der Waals surface area (Å²) < 4.78 is 17.2. The summed E-state index contributed by atoms with van der Waals surface area (Å²) in [5.74, 6) is 1.82. The molecule has 32 heavy (non-hydrogen) atoms. The number of aromatic nitrogens is 1. The maximum absolute atomic E-state index is 5.91. The van der Waals surface area contributed by atoms with E-state index in [-0.39, 0.29) is 0 Å². The topological polar surface area (TPSA) is 43.8 Å². The monoisotopic (exact) mass is 432 g/mol. The number of ether oxygens (including phenoxy) is 3. The Labute approximate surface area is 191 Å². The lowest BCUT2D eigenvalue weighted by atomic mass is 10.1. The van der Waals surface area contributed by atoms with Crippen LogP contribution in [0.25, 0.3) is 11.1 Å². The van der Waals surface area contributed by atoms with E-state index in [9.17, 15) is 0 Å². The molecule has 2 heterocycles. The molecule has 5 heteroatoms. The number of benzene rings is 2. The molecule has 0 saturated carbocycles. The van der Waals surface area contributed by atoms with Crippen LogP contribution >= 0.6 is 0 Å². The number of hydrogen-bond acceptors (Lipinski definition) is 5. The Kier molecular flexibility index (Phi) is 8.52. The van der Waals surface area contributed by atoms with Crippen LogP contribution in [0.2, 0.25) is 0 Å². The molecule has 2 aromatic carbocycles. The lowest BCUT2D eigenvalue weighted by Crippen LogP contribution is -2.37. The van der Waals surface area contributed by atoms with Crippen LogP contribution in [-0.4, -0.2) is 55.9 Å². The van der Waals surface area contributed by atoms with Gasteiger partial charge < -0.3 is 14.2 Å². The van der Waals surface area contributed by atoms with Crippen molar-refractivity contribution in [2.24, 2.45) is 0 Å². The molecule has 0 spiro atoms. The van der Waals surface area contributed by atoms with Gasteiger partial charge in [0.1, 0.15) is 11.5 Å². The van der Waals surface area contributed by atoms with Gasteiger partial charge in [-0.05, 0) is 66.3 Å². The predicted molar refractivity (Wildman–Crippen MR) is 127 cm³/mol. The van der Waals surface area contributed by atoms with Gasteiger partial charge in [-0.2, -0.15) is 0 Å². The second-order valence-electron chi connectivity index (χ2n) is 8.02. The van der Waals surface area contributed by atoms with E-state index in [2.05, 4.69) is 40.2 Å². The van der Waals surface area contributed by atoms with Gasteiger partial charge in [0.15, 0.2) is 0 Å². The van der Waals surface area contributed by atoms with Gasteiger partial charge in [-0.3, -0.25) is 9.88 Å². The zero-order chi connectivity index (χ0) is 21.8. The summed E-state index contributed by atoms with van der Waals surface area (Å²) in [6.07, 6.45) is 6.70. The second kappa shape index (κ2) is 12.2. The highest BCUT2D eigenvalue weighted by Gasteiger charge is 2.09. The smallest absolute Gasteiger partial charge is 0.119 e. The van der Waals surface area contributed by atoms with Crippen molar-refractivity contribution in [3.8, 4) is 22.6 Å². The number of nitrogens with zero attached hydrogens (tertiary/aromatic N) is 2. The highest BCUT2D eigenvalue weighted by molar-refractivity contribution is 5.64. The minimum Gasteiger partial charge on any atom is -0.494 e. The summed E-state index contributed by atoms with van der Waals surface area (Å²) in [6, 6.07) is 20.7. The Morgan fingerprint density at radius 1 is 0.781 bits per heavy atom. The summed E-state index contributed by atoms with van der Waals surface area (Å²) in [5.41, 5.74) is 3.59. The average molecular weight is 433 g/mol. The van der Waals surface area contributed by atoms with Crippen LogP contribution in [0.4, 0.5) is 0 Å². The Bertz CT molecular complexity index is 908. The molecule has 5 nitrogen and oxygen atoms in total. The average Bonchev–Trinajstić information content (AvgIpc) is 2.87. The van der Waals surface area contributed by atoms with E-state index in [4.69, 9.17) is 14.2 Å². The molecule has 1 fully saturated rings. The molecule has 0 aliphatic carbocycles. The van der Waals surface area contributed by atoms with Crippen LogP contribution in [0.1, 0.15) is 18.4 Å². The molecule has 0 unspecified atom stereocenters. The zero-order valence-corrected chi connectivity index (χ0v) is 18.6. The van der Waals surface area contributed by atoms with Gasteiger partial charge in [0.2, 0.25) is 0 Å². The van der Waals surface area contributed by atoms with Gasteiger partial charge >= 0.3 is 0 Å². The van der Waals surface area contributed by atoms with Crippen molar-refractivity contribution in [2.75, 3.05) is 46.1 Å². The summed E-state index contributed by atoms with van der Waals surface area (Å²) in [4.78, 5) is 6.58. The SMILES string of the molecule is c1cncc(CCCOc2ccc(-c3ccc(OCCCN4CCOCC4)cc3)cc2)c1. The second-order valence-corrected chi connectivity index (χ2v) is 8.02. The molecule has 0 radical (unpaired) electrons. The van der Waals surface area contributed by atoms with Crippen molar-refractivity contribution in [3.05, 3.63) is 78.6 Å². The Morgan fingerprint density at radius 3 is 2.00 bits per heavy atom. The predicted octanol–water partition coefficient (Wildman–Crippen LogP) is 4.86. The number of aryl methyl sites for hydroxylation is 1. The third-order valence-electron chi connectivity index (χ3n) is 5.63. The van der Waals surface area contributed by atoms with Crippen LogP contribution in [0, 0.1) is 0 Å². The van der Waals surface area contributed by atoms with Crippen molar-refractivity contribution >= 4 is 0 Å². The van der Waals surface area contributed by atoms with E-state index < -0.39 is 0 Å². The van der Waals surface area contributed by atoms with Gasteiger partial charge in [-0.1, -0.05) is 30.3 Å². The quantitative estimate of drug-likeness (QED) is 0.405. The molecule has 4 rings (SSSR count). The van der Waals surface area contributed by atoms with Crippen LogP contribution in [0.5, 0.6) is 11.5 Å². The molecular formula is C27H32N2O3. The van der Waals surface area contributed by atoms with Gasteiger partial charge in [0.25, 0.3) is 0 Å². The molecule has 1 aliphatic rings. The summed E-state index contributed by atoms with van der Waals surface area (Å²) >= 11 is 0. The lowest BCUT2D eigenvalue weighted by Gasteiger charge is -2.26. The van der Waals surface area contributed by atoms with Crippen molar-refractivity contribution in [1.29, 1.82) is 0 Å². The summed E-state index contributed by atoms with van der Waals surface area (Å²) in [7, 11) is 0. The first-order chi connectivity index (χ1) is 15.9. The third-order valence-corrected chi connectivity index (χ3v) is 5.63. The molecule has 1 saturated heterocycles. The Morgan fingerprint density at radius 2 is 1.41 bits per heavy atom. The minimum atomic E-state index is 0.700. The van der Waals surface area contributed by atoms with E-state index in [0.717, 1.165) is 70.2 Å². The van der Waals surface area contributed by atoms with E-state index >= 15 is 0 Å². The van der Waals surface area contributed by atoms with Crippen LogP contribution < -0.4 is 9.47 Å². The zero-order valence-electron chi connectivity index (χ0n) is 18.6. The first-order valence-corrected chi connectivity index (χ1v) is 11.5. The molecular weight excluding hydrogens is 400 g/mol.